The van der Waals surface area contributed by atoms with E-state index in [0.717, 1.165) is 18.7 Å². The fraction of sp³-hybridized carbons (Fsp3) is 0.409. The first kappa shape index (κ1) is 21.6. The maximum Gasteiger partial charge on any atom is 0.220 e. The van der Waals surface area contributed by atoms with Crippen molar-refractivity contribution in [3.8, 4) is 5.75 Å². The first-order chi connectivity index (χ1) is 14.1. The summed E-state index contributed by atoms with van der Waals surface area (Å²) in [5.41, 5.74) is 1.12. The Kier molecular flexibility index (Phi) is 8.28. The fourth-order valence-electron chi connectivity index (χ4n) is 3.31. The molecule has 1 aliphatic rings. The highest BCUT2D eigenvalue weighted by atomic mass is 35.5. The van der Waals surface area contributed by atoms with Gasteiger partial charge in [-0.3, -0.25) is 9.69 Å². The molecule has 5 nitrogen and oxygen atoms in total. The van der Waals surface area contributed by atoms with Gasteiger partial charge in [-0.25, -0.2) is 4.39 Å². The van der Waals surface area contributed by atoms with E-state index in [0.29, 0.717) is 50.0 Å². The molecule has 1 unspecified atom stereocenters. The lowest BCUT2D eigenvalue weighted by Gasteiger charge is -2.35. The third kappa shape index (κ3) is 6.99. The Bertz CT molecular complexity index is 782. The molecule has 2 aromatic carbocycles. The van der Waals surface area contributed by atoms with E-state index in [1.807, 2.05) is 24.3 Å². The number of ether oxygens (including phenoxy) is 2. The van der Waals surface area contributed by atoms with Crippen LogP contribution in [-0.4, -0.2) is 50.3 Å². The number of carbonyl (C=O) groups excluding carboxylic acids is 1. The van der Waals surface area contributed by atoms with E-state index >= 15 is 0 Å². The van der Waals surface area contributed by atoms with Gasteiger partial charge in [-0.2, -0.15) is 0 Å². The summed E-state index contributed by atoms with van der Waals surface area (Å²) in [6.07, 6.45) is 0.914. The molecule has 1 amide bonds. The van der Waals surface area contributed by atoms with Crippen molar-refractivity contribution < 1.29 is 18.7 Å². The lowest BCUT2D eigenvalue weighted by molar-refractivity contribution is -0.121. The fourth-order valence-corrected chi connectivity index (χ4v) is 3.44. The first-order valence-corrected chi connectivity index (χ1v) is 10.2. The van der Waals surface area contributed by atoms with Crippen LogP contribution >= 0.6 is 11.6 Å². The Morgan fingerprint density at radius 2 is 1.97 bits per heavy atom. The van der Waals surface area contributed by atoms with Crippen LogP contribution in [0.5, 0.6) is 5.75 Å². The van der Waals surface area contributed by atoms with Crippen molar-refractivity contribution >= 4 is 17.5 Å². The predicted molar refractivity (Wildman–Crippen MR) is 111 cm³/mol. The van der Waals surface area contributed by atoms with Gasteiger partial charge in [0.15, 0.2) is 0 Å². The van der Waals surface area contributed by atoms with Crippen molar-refractivity contribution in [1.82, 2.24) is 10.2 Å². The van der Waals surface area contributed by atoms with Crippen LogP contribution in [0.25, 0.3) is 0 Å². The van der Waals surface area contributed by atoms with Gasteiger partial charge >= 0.3 is 0 Å². The number of rotatable bonds is 9. The van der Waals surface area contributed by atoms with Gasteiger partial charge in [0.05, 0.1) is 25.9 Å². The number of amides is 1. The van der Waals surface area contributed by atoms with E-state index in [1.165, 1.54) is 12.1 Å². The molecule has 1 heterocycles. The van der Waals surface area contributed by atoms with Gasteiger partial charge in [0.25, 0.3) is 0 Å². The van der Waals surface area contributed by atoms with Crippen molar-refractivity contribution in [2.45, 2.75) is 18.9 Å². The maximum atomic E-state index is 13.1. The first-order valence-electron chi connectivity index (χ1n) is 9.84. The third-order valence-corrected chi connectivity index (χ3v) is 5.10. The second-order valence-electron chi connectivity index (χ2n) is 6.93. The molecular formula is C22H26ClFN2O3. The molecule has 1 saturated heterocycles. The average molecular weight is 421 g/mol. The Labute approximate surface area is 175 Å². The summed E-state index contributed by atoms with van der Waals surface area (Å²) in [5, 5.41) is 3.72. The number of nitrogens with zero attached hydrogens (tertiary/aromatic N) is 1. The number of benzene rings is 2. The van der Waals surface area contributed by atoms with E-state index in [-0.39, 0.29) is 17.8 Å². The highest BCUT2D eigenvalue weighted by molar-refractivity contribution is 6.30. The normalized spacial score (nSPS) is 15.7. The Balaban J connectivity index is 1.46. The number of hydrogen-bond donors (Lipinski definition) is 1. The van der Waals surface area contributed by atoms with Gasteiger partial charge < -0.3 is 14.8 Å². The topological polar surface area (TPSA) is 50.8 Å². The summed E-state index contributed by atoms with van der Waals surface area (Å²) >= 11 is 6.02. The number of halogens is 2. The SMILES string of the molecule is O=C(CCCOc1cccc(F)c1)NCC(c1ccc(Cl)cc1)N1CCOCC1. The molecule has 156 valence electrons. The van der Waals surface area contributed by atoms with Gasteiger partial charge in [-0.1, -0.05) is 29.8 Å². The highest BCUT2D eigenvalue weighted by Gasteiger charge is 2.23. The summed E-state index contributed by atoms with van der Waals surface area (Å²) < 4.78 is 24.1. The molecule has 0 spiro atoms. The molecule has 0 saturated carbocycles. The van der Waals surface area contributed by atoms with E-state index < -0.39 is 0 Å². The molecule has 0 aliphatic carbocycles. The zero-order valence-electron chi connectivity index (χ0n) is 16.3. The Morgan fingerprint density at radius 1 is 1.21 bits per heavy atom. The van der Waals surface area contributed by atoms with Crippen LogP contribution in [0.1, 0.15) is 24.4 Å². The van der Waals surface area contributed by atoms with Gasteiger partial charge in [-0.05, 0) is 36.2 Å². The van der Waals surface area contributed by atoms with Crippen molar-refractivity contribution in [3.05, 3.63) is 64.9 Å². The minimum atomic E-state index is -0.336. The monoisotopic (exact) mass is 420 g/mol. The van der Waals surface area contributed by atoms with Crippen LogP contribution in [0.3, 0.4) is 0 Å². The second-order valence-corrected chi connectivity index (χ2v) is 7.37. The molecule has 29 heavy (non-hydrogen) atoms. The number of nitrogens with one attached hydrogen (secondary N) is 1. The van der Waals surface area contributed by atoms with Crippen LogP contribution < -0.4 is 10.1 Å². The maximum absolute atomic E-state index is 13.1. The third-order valence-electron chi connectivity index (χ3n) is 4.85. The molecular weight excluding hydrogens is 395 g/mol. The van der Waals surface area contributed by atoms with Crippen LogP contribution in [0.4, 0.5) is 4.39 Å². The van der Waals surface area contributed by atoms with Crippen LogP contribution in [-0.2, 0) is 9.53 Å². The van der Waals surface area contributed by atoms with Gasteiger partial charge in [0, 0.05) is 37.1 Å². The highest BCUT2D eigenvalue weighted by Crippen LogP contribution is 2.23. The van der Waals surface area contributed by atoms with Crippen LogP contribution in [0, 0.1) is 5.82 Å². The number of morpholine rings is 1. The van der Waals surface area contributed by atoms with E-state index in [2.05, 4.69) is 10.2 Å². The van der Waals surface area contributed by atoms with E-state index in [1.54, 1.807) is 12.1 Å². The predicted octanol–water partition coefficient (Wildman–Crippen LogP) is 3.83. The molecule has 2 aromatic rings. The quantitative estimate of drug-likeness (QED) is 0.626. The van der Waals surface area contributed by atoms with E-state index in [4.69, 9.17) is 21.1 Å². The molecule has 1 aliphatic heterocycles. The summed E-state index contributed by atoms with van der Waals surface area (Å²) in [4.78, 5) is 14.6. The molecule has 0 aromatic heterocycles. The molecule has 1 atom stereocenters. The second kappa shape index (κ2) is 11.1. The van der Waals surface area contributed by atoms with Gasteiger partial charge in [-0.15, -0.1) is 0 Å². The number of hydrogen-bond acceptors (Lipinski definition) is 4. The van der Waals surface area contributed by atoms with Gasteiger partial charge in [0.2, 0.25) is 5.91 Å². The largest absolute Gasteiger partial charge is 0.493 e. The van der Waals surface area contributed by atoms with Crippen LogP contribution in [0.2, 0.25) is 5.02 Å². The number of carbonyl (C=O) groups is 1. The van der Waals surface area contributed by atoms with Crippen molar-refractivity contribution in [2.75, 3.05) is 39.5 Å². The van der Waals surface area contributed by atoms with Gasteiger partial charge in [0.1, 0.15) is 11.6 Å². The average Bonchev–Trinajstić information content (AvgIpc) is 2.73. The summed E-state index contributed by atoms with van der Waals surface area (Å²) in [6.45, 7) is 3.91. The Morgan fingerprint density at radius 3 is 2.69 bits per heavy atom. The molecule has 1 fully saturated rings. The van der Waals surface area contributed by atoms with Crippen molar-refractivity contribution in [1.29, 1.82) is 0 Å². The molecule has 0 radical (unpaired) electrons. The molecule has 0 bridgehead atoms. The summed E-state index contributed by atoms with van der Waals surface area (Å²) in [5.74, 6) is 0.109. The van der Waals surface area contributed by atoms with Crippen LogP contribution in [0.15, 0.2) is 48.5 Å². The molecule has 1 N–H and O–H groups in total. The zero-order chi connectivity index (χ0) is 20.5. The summed E-state index contributed by atoms with van der Waals surface area (Å²) in [7, 11) is 0. The summed E-state index contributed by atoms with van der Waals surface area (Å²) in [6, 6.07) is 13.8. The van der Waals surface area contributed by atoms with Crippen molar-refractivity contribution in [2.24, 2.45) is 0 Å². The minimum absolute atomic E-state index is 0.0277. The standard InChI is InChI=1S/C22H26ClFN2O3/c23-18-8-6-17(7-9-18)21(26-10-13-28-14-11-26)16-25-22(27)5-2-12-29-20-4-1-3-19(24)15-20/h1,3-4,6-9,15,21H,2,5,10-14,16H2,(H,25,27). The lowest BCUT2D eigenvalue weighted by Crippen LogP contribution is -2.43. The van der Waals surface area contributed by atoms with Crippen molar-refractivity contribution in [3.63, 3.8) is 0 Å². The minimum Gasteiger partial charge on any atom is -0.493 e. The van der Waals surface area contributed by atoms with E-state index in [9.17, 15) is 9.18 Å². The lowest BCUT2D eigenvalue weighted by atomic mass is 10.0. The molecule has 7 heteroatoms. The molecule has 3 rings (SSSR count). The Hall–Kier alpha value is -2.15. The smallest absolute Gasteiger partial charge is 0.220 e. The zero-order valence-corrected chi connectivity index (χ0v) is 17.0.